The minimum atomic E-state index is -0.317. The molecule has 2 N–H and O–H groups in total. The van der Waals surface area contributed by atoms with Crippen LogP contribution in [0.3, 0.4) is 0 Å². The Labute approximate surface area is 103 Å². The molecule has 4 heteroatoms. The average molecular weight is 241 g/mol. The quantitative estimate of drug-likeness (QED) is 0.538. The van der Waals surface area contributed by atoms with E-state index in [1.54, 1.807) is 12.2 Å². The highest BCUT2D eigenvalue weighted by atomic mass is 16.3. The van der Waals surface area contributed by atoms with Gasteiger partial charge in [0.05, 0.1) is 17.2 Å². The molecule has 18 heavy (non-hydrogen) atoms. The highest BCUT2D eigenvalue weighted by molar-refractivity contribution is 6.18. The number of aromatic hydroxyl groups is 2. The summed E-state index contributed by atoms with van der Waals surface area (Å²) in [6.07, 6.45) is 7.52. The largest absolute Gasteiger partial charge is 0.504 e. The zero-order valence-electron chi connectivity index (χ0n) is 9.36. The SMILES string of the molecule is O=C1CCC(=O)c2c(O)c3c(c(O)c21)C=[C+]C=C3. The number of fused-ring (bicyclic) bond motifs is 2. The number of rotatable bonds is 0. The zero-order valence-corrected chi connectivity index (χ0v) is 9.36. The van der Waals surface area contributed by atoms with E-state index in [0.717, 1.165) is 0 Å². The number of ketones is 2. The van der Waals surface area contributed by atoms with Gasteiger partial charge in [-0.25, -0.2) is 0 Å². The van der Waals surface area contributed by atoms with Crippen LogP contribution in [0.25, 0.3) is 12.2 Å². The van der Waals surface area contributed by atoms with Crippen LogP contribution in [0.5, 0.6) is 11.5 Å². The maximum Gasteiger partial charge on any atom is 0.194 e. The van der Waals surface area contributed by atoms with Crippen LogP contribution in [0, 0.1) is 6.08 Å². The summed E-state index contributed by atoms with van der Waals surface area (Å²) < 4.78 is 0. The molecular weight excluding hydrogens is 232 g/mol. The Hall–Kier alpha value is -2.45. The Bertz CT molecular complexity index is 593. The van der Waals surface area contributed by atoms with Gasteiger partial charge in [-0.15, -0.1) is 0 Å². The van der Waals surface area contributed by atoms with E-state index in [0.29, 0.717) is 11.1 Å². The first-order chi connectivity index (χ1) is 8.61. The lowest BCUT2D eigenvalue weighted by molar-refractivity contribution is 0.0885. The van der Waals surface area contributed by atoms with Crippen LogP contribution >= 0.6 is 0 Å². The van der Waals surface area contributed by atoms with Crippen LogP contribution in [-0.4, -0.2) is 21.8 Å². The van der Waals surface area contributed by atoms with Gasteiger partial charge in [-0.3, -0.25) is 9.59 Å². The van der Waals surface area contributed by atoms with Gasteiger partial charge >= 0.3 is 0 Å². The van der Waals surface area contributed by atoms with Crippen molar-refractivity contribution in [3.8, 4) is 11.5 Å². The van der Waals surface area contributed by atoms with Gasteiger partial charge in [-0.05, 0) is 0 Å². The normalized spacial score (nSPS) is 16.2. The topological polar surface area (TPSA) is 74.6 Å². The summed E-state index contributed by atoms with van der Waals surface area (Å²) in [6.45, 7) is 0. The second-order valence-corrected chi connectivity index (χ2v) is 4.27. The molecule has 3 rings (SSSR count). The number of carbonyl (C=O) groups is 2. The fourth-order valence-electron chi connectivity index (χ4n) is 2.36. The Morgan fingerprint density at radius 2 is 1.50 bits per heavy atom. The molecule has 0 aromatic heterocycles. The molecule has 4 nitrogen and oxygen atoms in total. The average Bonchev–Trinajstić information content (AvgIpc) is 2.38. The minimum absolute atomic E-state index is 0.0533. The number of allylic oxidation sites excluding steroid dienone is 2. The van der Waals surface area contributed by atoms with Crippen LogP contribution in [0.4, 0.5) is 0 Å². The van der Waals surface area contributed by atoms with Crippen molar-refractivity contribution in [2.24, 2.45) is 0 Å². The lowest BCUT2D eigenvalue weighted by Gasteiger charge is -2.17. The highest BCUT2D eigenvalue weighted by Gasteiger charge is 2.36. The van der Waals surface area contributed by atoms with Crippen LogP contribution in [0.1, 0.15) is 44.7 Å². The summed E-state index contributed by atoms with van der Waals surface area (Å²) >= 11 is 0. The molecule has 0 spiro atoms. The van der Waals surface area contributed by atoms with E-state index in [-0.39, 0.29) is 47.0 Å². The molecule has 88 valence electrons. The lowest BCUT2D eigenvalue weighted by atomic mass is 9.83. The molecule has 1 aromatic carbocycles. The van der Waals surface area contributed by atoms with Crippen LogP contribution in [0.15, 0.2) is 6.08 Å². The smallest absolute Gasteiger partial charge is 0.194 e. The molecule has 0 heterocycles. The van der Waals surface area contributed by atoms with Crippen LogP contribution < -0.4 is 0 Å². The second kappa shape index (κ2) is 3.52. The molecule has 0 atom stereocenters. The van der Waals surface area contributed by atoms with Crippen molar-refractivity contribution in [1.82, 2.24) is 0 Å². The minimum Gasteiger partial charge on any atom is -0.504 e. The number of benzene rings is 1. The summed E-state index contributed by atoms with van der Waals surface area (Å²) in [5.41, 5.74) is 0.572. The van der Waals surface area contributed by atoms with Crippen molar-refractivity contribution in [2.45, 2.75) is 12.8 Å². The van der Waals surface area contributed by atoms with E-state index >= 15 is 0 Å². The van der Waals surface area contributed by atoms with Crippen molar-refractivity contribution in [3.63, 3.8) is 0 Å². The van der Waals surface area contributed by atoms with E-state index in [4.69, 9.17) is 0 Å². The third-order valence-corrected chi connectivity index (χ3v) is 3.23. The first kappa shape index (κ1) is 10.7. The first-order valence-electron chi connectivity index (χ1n) is 5.55. The molecule has 2 aliphatic carbocycles. The predicted molar refractivity (Wildman–Crippen MR) is 64.4 cm³/mol. The fourth-order valence-corrected chi connectivity index (χ4v) is 2.36. The molecule has 0 aliphatic heterocycles. The molecule has 0 bridgehead atoms. The molecule has 2 aliphatic rings. The number of carbonyl (C=O) groups excluding carboxylic acids is 2. The van der Waals surface area contributed by atoms with E-state index in [9.17, 15) is 19.8 Å². The lowest BCUT2D eigenvalue weighted by Crippen LogP contribution is -2.18. The third kappa shape index (κ3) is 1.24. The molecule has 0 radical (unpaired) electrons. The van der Waals surface area contributed by atoms with Crippen LogP contribution in [-0.2, 0) is 0 Å². The molecule has 0 amide bonds. The Balaban J connectivity index is 2.45. The van der Waals surface area contributed by atoms with Gasteiger partial charge in [0.1, 0.15) is 23.3 Å². The third-order valence-electron chi connectivity index (χ3n) is 3.23. The number of phenolic OH excluding ortho intramolecular Hbond substituents is 2. The Kier molecular flexibility index (Phi) is 2.09. The number of phenols is 2. The first-order valence-corrected chi connectivity index (χ1v) is 5.55. The van der Waals surface area contributed by atoms with E-state index in [1.165, 1.54) is 6.08 Å². The van der Waals surface area contributed by atoms with Gasteiger partial charge in [0.15, 0.2) is 23.1 Å². The molecule has 0 unspecified atom stereocenters. The van der Waals surface area contributed by atoms with Crippen molar-refractivity contribution in [3.05, 3.63) is 34.4 Å². The van der Waals surface area contributed by atoms with Gasteiger partial charge in [-0.1, -0.05) is 0 Å². The maximum atomic E-state index is 11.8. The van der Waals surface area contributed by atoms with Crippen molar-refractivity contribution in [1.29, 1.82) is 0 Å². The standard InChI is InChI=1S/C14H8O4/c15-9-5-6-10(16)12-11(9)13(17)7-3-1-2-4-8(7)14(12)18/h1,3-4H,5-6H2,(H-,15,16,17,18)/p+1. The summed E-state index contributed by atoms with van der Waals surface area (Å²) in [5, 5.41) is 20.2. The van der Waals surface area contributed by atoms with Gasteiger partial charge < -0.3 is 10.2 Å². The van der Waals surface area contributed by atoms with Gasteiger partial charge in [0, 0.05) is 18.9 Å². The van der Waals surface area contributed by atoms with Crippen molar-refractivity contribution < 1.29 is 19.8 Å². The molecule has 0 saturated heterocycles. The Morgan fingerprint density at radius 3 is 2.11 bits per heavy atom. The van der Waals surface area contributed by atoms with Gasteiger partial charge in [0.2, 0.25) is 0 Å². The fraction of sp³-hybridized carbons (Fsp3) is 0.143. The second-order valence-electron chi connectivity index (χ2n) is 4.27. The van der Waals surface area contributed by atoms with E-state index in [2.05, 4.69) is 6.08 Å². The van der Waals surface area contributed by atoms with E-state index in [1.807, 2.05) is 0 Å². The zero-order chi connectivity index (χ0) is 12.9. The monoisotopic (exact) mass is 241 g/mol. The van der Waals surface area contributed by atoms with Gasteiger partial charge in [0.25, 0.3) is 0 Å². The van der Waals surface area contributed by atoms with E-state index < -0.39 is 0 Å². The molecule has 1 aromatic rings. The molecule has 0 fully saturated rings. The number of Topliss-reactive ketones (excluding diaryl/α,β-unsaturated/α-hetero) is 2. The van der Waals surface area contributed by atoms with Gasteiger partial charge in [-0.2, -0.15) is 0 Å². The summed E-state index contributed by atoms with van der Waals surface area (Å²) in [5.74, 6) is -1.10. The summed E-state index contributed by atoms with van der Waals surface area (Å²) in [6, 6.07) is 0. The summed E-state index contributed by atoms with van der Waals surface area (Å²) in [7, 11) is 0. The molecular formula is C14H9O4+. The predicted octanol–water partition coefficient (Wildman–Crippen LogP) is 2.10. The van der Waals surface area contributed by atoms with Crippen molar-refractivity contribution in [2.75, 3.05) is 0 Å². The number of hydrogen-bond donors (Lipinski definition) is 2. The highest BCUT2D eigenvalue weighted by Crippen LogP contribution is 2.43. The number of hydrogen-bond acceptors (Lipinski definition) is 4. The molecule has 0 saturated carbocycles. The van der Waals surface area contributed by atoms with Crippen LogP contribution in [0.2, 0.25) is 0 Å². The Morgan fingerprint density at radius 1 is 0.944 bits per heavy atom. The maximum absolute atomic E-state index is 11.8. The summed E-state index contributed by atoms with van der Waals surface area (Å²) in [4.78, 5) is 23.6. The van der Waals surface area contributed by atoms with Crippen molar-refractivity contribution >= 4 is 23.7 Å².